The SMILES string of the molecule is COCCn1c(C)c(C)sc1=NC(=O)C12CCC(CC1=O)C2(C)C. The number of ether oxygens (including phenoxy) is 1. The fourth-order valence-corrected chi connectivity index (χ4v) is 5.49. The zero-order valence-electron chi connectivity index (χ0n) is 15.1. The predicted molar refractivity (Wildman–Crippen MR) is 92.8 cm³/mol. The highest BCUT2D eigenvalue weighted by atomic mass is 32.1. The van der Waals surface area contributed by atoms with Gasteiger partial charge in [0.05, 0.1) is 6.61 Å². The number of thiazole rings is 1. The van der Waals surface area contributed by atoms with E-state index in [1.807, 2.05) is 18.4 Å². The maximum atomic E-state index is 13.1. The predicted octanol–water partition coefficient (Wildman–Crippen LogP) is 2.64. The molecule has 1 heterocycles. The summed E-state index contributed by atoms with van der Waals surface area (Å²) in [6.07, 6.45) is 2.12. The third kappa shape index (κ3) is 2.26. The Labute approximate surface area is 146 Å². The van der Waals surface area contributed by atoms with Crippen molar-refractivity contribution in [1.29, 1.82) is 0 Å². The summed E-state index contributed by atoms with van der Waals surface area (Å²) in [6, 6.07) is 0. The molecular formula is C18H26N2O3S. The van der Waals surface area contributed by atoms with Crippen molar-refractivity contribution >= 4 is 23.0 Å². The first kappa shape index (κ1) is 17.5. The molecule has 24 heavy (non-hydrogen) atoms. The van der Waals surface area contributed by atoms with Crippen molar-refractivity contribution in [1.82, 2.24) is 4.57 Å². The minimum atomic E-state index is -0.914. The smallest absolute Gasteiger partial charge is 0.262 e. The van der Waals surface area contributed by atoms with Gasteiger partial charge in [-0.05, 0) is 38.0 Å². The van der Waals surface area contributed by atoms with Crippen LogP contribution in [-0.2, 0) is 20.9 Å². The number of carbonyl (C=O) groups excluding carboxylic acids is 2. The number of hydrogen-bond acceptors (Lipinski definition) is 4. The van der Waals surface area contributed by atoms with Crippen LogP contribution in [0, 0.1) is 30.6 Å². The molecule has 0 radical (unpaired) electrons. The topological polar surface area (TPSA) is 60.7 Å². The quantitative estimate of drug-likeness (QED) is 0.784. The Hall–Kier alpha value is -1.27. The molecule has 2 fully saturated rings. The number of Topliss-reactive ketones (excluding diaryl/α,β-unsaturated/α-hetero) is 1. The zero-order valence-corrected chi connectivity index (χ0v) is 16.0. The molecule has 1 aromatic heterocycles. The molecule has 2 aliphatic rings. The Morgan fingerprint density at radius 1 is 1.42 bits per heavy atom. The molecule has 5 nitrogen and oxygen atoms in total. The summed E-state index contributed by atoms with van der Waals surface area (Å²) in [5, 5.41) is 0. The van der Waals surface area contributed by atoms with Gasteiger partial charge >= 0.3 is 0 Å². The lowest BCUT2D eigenvalue weighted by Crippen LogP contribution is -2.43. The molecule has 6 heteroatoms. The van der Waals surface area contributed by atoms with E-state index in [4.69, 9.17) is 4.74 Å². The van der Waals surface area contributed by atoms with Crippen LogP contribution < -0.4 is 4.80 Å². The van der Waals surface area contributed by atoms with Crippen LogP contribution in [0.25, 0.3) is 0 Å². The Balaban J connectivity index is 2.05. The van der Waals surface area contributed by atoms with E-state index in [1.54, 1.807) is 7.11 Å². The van der Waals surface area contributed by atoms with Crippen molar-refractivity contribution in [3.63, 3.8) is 0 Å². The van der Waals surface area contributed by atoms with Gasteiger partial charge in [0.25, 0.3) is 5.91 Å². The summed E-state index contributed by atoms with van der Waals surface area (Å²) in [5.74, 6) is 0.160. The van der Waals surface area contributed by atoms with Gasteiger partial charge in [0, 0.05) is 30.6 Å². The number of amides is 1. The van der Waals surface area contributed by atoms with E-state index in [0.29, 0.717) is 36.7 Å². The molecule has 2 atom stereocenters. The second kappa shape index (κ2) is 5.92. The molecular weight excluding hydrogens is 324 g/mol. The van der Waals surface area contributed by atoms with Gasteiger partial charge < -0.3 is 9.30 Å². The van der Waals surface area contributed by atoms with Gasteiger partial charge in [0.2, 0.25) is 0 Å². The Morgan fingerprint density at radius 3 is 2.67 bits per heavy atom. The number of nitrogens with zero attached hydrogens (tertiary/aromatic N) is 2. The number of methoxy groups -OCH3 is 1. The van der Waals surface area contributed by atoms with Crippen molar-refractivity contribution < 1.29 is 14.3 Å². The first-order valence-electron chi connectivity index (χ1n) is 8.54. The molecule has 2 saturated carbocycles. The number of rotatable bonds is 4. The average molecular weight is 350 g/mol. The number of fused-ring (bicyclic) bond motifs is 2. The van der Waals surface area contributed by atoms with Gasteiger partial charge in [-0.25, -0.2) is 0 Å². The molecule has 1 aromatic rings. The second-order valence-electron chi connectivity index (χ2n) is 7.58. The van der Waals surface area contributed by atoms with Gasteiger partial charge in [-0.1, -0.05) is 13.8 Å². The van der Waals surface area contributed by atoms with E-state index in [2.05, 4.69) is 18.8 Å². The van der Waals surface area contributed by atoms with E-state index in [1.165, 1.54) is 11.3 Å². The normalized spacial score (nSPS) is 28.8. The highest BCUT2D eigenvalue weighted by Crippen LogP contribution is 2.64. The molecule has 3 rings (SSSR count). The van der Waals surface area contributed by atoms with Crippen molar-refractivity contribution in [2.45, 2.75) is 53.5 Å². The average Bonchev–Trinajstić information content (AvgIpc) is 3.01. The van der Waals surface area contributed by atoms with Crippen molar-refractivity contribution in [2.24, 2.45) is 21.7 Å². The fraction of sp³-hybridized carbons (Fsp3) is 0.722. The van der Waals surface area contributed by atoms with E-state index < -0.39 is 5.41 Å². The number of carbonyl (C=O) groups is 2. The maximum Gasteiger partial charge on any atom is 0.262 e. The lowest BCUT2D eigenvalue weighted by Gasteiger charge is -2.32. The van der Waals surface area contributed by atoms with E-state index in [-0.39, 0.29) is 17.1 Å². The lowest BCUT2D eigenvalue weighted by atomic mass is 9.68. The first-order chi connectivity index (χ1) is 11.3. The molecule has 0 spiro atoms. The second-order valence-corrected chi connectivity index (χ2v) is 8.76. The highest BCUT2D eigenvalue weighted by molar-refractivity contribution is 7.09. The van der Waals surface area contributed by atoms with Crippen LogP contribution in [0.15, 0.2) is 4.99 Å². The van der Waals surface area contributed by atoms with Crippen LogP contribution in [0.4, 0.5) is 0 Å². The summed E-state index contributed by atoms with van der Waals surface area (Å²) >= 11 is 1.51. The standard InChI is InChI=1S/C18H26N2O3S/c1-11-12(2)24-16(20(11)8-9-23-5)19-15(22)18-7-6-13(10-14(18)21)17(18,3)4/h13H,6-10H2,1-5H3. The van der Waals surface area contributed by atoms with Crippen LogP contribution in [-0.4, -0.2) is 30.0 Å². The monoisotopic (exact) mass is 350 g/mol. The molecule has 0 aromatic carbocycles. The summed E-state index contributed by atoms with van der Waals surface area (Å²) in [6.45, 7) is 9.41. The Kier molecular flexibility index (Phi) is 4.33. The summed E-state index contributed by atoms with van der Waals surface area (Å²) in [5.41, 5.74) is -0.103. The molecule has 1 amide bonds. The van der Waals surface area contributed by atoms with Crippen LogP contribution >= 0.6 is 11.3 Å². The molecule has 0 aliphatic heterocycles. The molecule has 0 saturated heterocycles. The van der Waals surface area contributed by atoms with E-state index in [9.17, 15) is 9.59 Å². The van der Waals surface area contributed by atoms with Gasteiger partial charge in [-0.15, -0.1) is 11.3 Å². The minimum Gasteiger partial charge on any atom is -0.383 e. The van der Waals surface area contributed by atoms with E-state index in [0.717, 1.165) is 17.0 Å². The van der Waals surface area contributed by atoms with E-state index >= 15 is 0 Å². The third-order valence-corrected chi connectivity index (χ3v) is 7.46. The number of aromatic nitrogens is 1. The zero-order chi connectivity index (χ0) is 17.7. The summed E-state index contributed by atoms with van der Waals surface area (Å²) < 4.78 is 7.20. The van der Waals surface area contributed by atoms with Crippen LogP contribution in [0.3, 0.4) is 0 Å². The van der Waals surface area contributed by atoms with Gasteiger partial charge in [0.15, 0.2) is 4.80 Å². The van der Waals surface area contributed by atoms with Gasteiger partial charge in [0.1, 0.15) is 11.2 Å². The molecule has 132 valence electrons. The largest absolute Gasteiger partial charge is 0.383 e. The molecule has 2 bridgehead atoms. The molecule has 2 aliphatic carbocycles. The lowest BCUT2D eigenvalue weighted by molar-refractivity contribution is -0.142. The number of aryl methyl sites for hydroxylation is 1. The number of hydrogen-bond donors (Lipinski definition) is 0. The van der Waals surface area contributed by atoms with Crippen molar-refractivity contribution in [3.8, 4) is 0 Å². The molecule has 0 N–H and O–H groups in total. The van der Waals surface area contributed by atoms with Crippen LogP contribution in [0.5, 0.6) is 0 Å². The highest BCUT2D eigenvalue weighted by Gasteiger charge is 2.68. The van der Waals surface area contributed by atoms with Crippen molar-refractivity contribution in [2.75, 3.05) is 13.7 Å². The maximum absolute atomic E-state index is 13.1. The third-order valence-electron chi connectivity index (χ3n) is 6.37. The van der Waals surface area contributed by atoms with Crippen LogP contribution in [0.1, 0.15) is 43.7 Å². The summed E-state index contributed by atoms with van der Waals surface area (Å²) in [7, 11) is 1.66. The van der Waals surface area contributed by atoms with Crippen LogP contribution in [0.2, 0.25) is 0 Å². The first-order valence-corrected chi connectivity index (χ1v) is 9.35. The molecule has 2 unspecified atom stereocenters. The Morgan fingerprint density at radius 2 is 2.12 bits per heavy atom. The summed E-state index contributed by atoms with van der Waals surface area (Å²) in [4.78, 5) is 32.0. The fourth-order valence-electron chi connectivity index (χ4n) is 4.49. The Bertz CT molecular complexity index is 759. The van der Waals surface area contributed by atoms with Gasteiger partial charge in [-0.3, -0.25) is 9.59 Å². The van der Waals surface area contributed by atoms with Gasteiger partial charge in [-0.2, -0.15) is 4.99 Å². The minimum absolute atomic E-state index is 0.0888. The van der Waals surface area contributed by atoms with Crippen molar-refractivity contribution in [3.05, 3.63) is 15.4 Å². The number of ketones is 1.